The maximum absolute atomic E-state index is 12.7. The quantitative estimate of drug-likeness (QED) is 0.823. The number of hydrogen-bond donors (Lipinski definition) is 2. The lowest BCUT2D eigenvalue weighted by atomic mass is 9.87. The Morgan fingerprint density at radius 1 is 1.43 bits per heavy atom. The number of amides is 2. The van der Waals surface area contributed by atoms with Crippen LogP contribution >= 0.6 is 0 Å². The van der Waals surface area contributed by atoms with Gasteiger partial charge in [-0.3, -0.25) is 9.59 Å². The number of likely N-dealkylation sites (tertiary alicyclic amines) is 1. The molecule has 1 fully saturated rings. The van der Waals surface area contributed by atoms with Crippen molar-refractivity contribution in [2.45, 2.75) is 39.5 Å². The second kappa shape index (κ2) is 8.38. The van der Waals surface area contributed by atoms with Crippen molar-refractivity contribution in [2.24, 2.45) is 11.3 Å². The van der Waals surface area contributed by atoms with Crippen LogP contribution in [0.1, 0.15) is 50.0 Å². The van der Waals surface area contributed by atoms with Crippen molar-refractivity contribution in [2.75, 3.05) is 19.6 Å². The van der Waals surface area contributed by atoms with Crippen LogP contribution < -0.4 is 5.32 Å². The molecule has 0 aromatic carbocycles. The largest absolute Gasteiger partial charge is 0.350 e. The number of carbonyl (C=O) groups is 2. The molecular formula is C20H26N6O2. The normalized spacial score (nSPS) is 19.5. The number of hydrogen-bond acceptors (Lipinski definition) is 5. The molecule has 0 spiro atoms. The Morgan fingerprint density at radius 2 is 2.25 bits per heavy atom. The third-order valence-electron chi connectivity index (χ3n) is 5.61. The number of rotatable bonds is 5. The van der Waals surface area contributed by atoms with Gasteiger partial charge in [-0.2, -0.15) is 5.26 Å². The first kappa shape index (κ1) is 19.8. The van der Waals surface area contributed by atoms with Crippen LogP contribution in [0.15, 0.2) is 18.5 Å². The van der Waals surface area contributed by atoms with E-state index in [-0.39, 0.29) is 11.8 Å². The Kier molecular flexibility index (Phi) is 5.93. The Morgan fingerprint density at radius 3 is 3.00 bits per heavy atom. The zero-order valence-corrected chi connectivity index (χ0v) is 16.4. The molecule has 28 heavy (non-hydrogen) atoms. The summed E-state index contributed by atoms with van der Waals surface area (Å²) in [6, 6.07) is 3.94. The van der Waals surface area contributed by atoms with Gasteiger partial charge in [0.05, 0.1) is 12.3 Å². The van der Waals surface area contributed by atoms with Crippen molar-refractivity contribution in [1.29, 1.82) is 5.26 Å². The zero-order valence-electron chi connectivity index (χ0n) is 16.4. The summed E-state index contributed by atoms with van der Waals surface area (Å²) < 4.78 is 0. The molecule has 1 saturated heterocycles. The molecule has 8 nitrogen and oxygen atoms in total. The van der Waals surface area contributed by atoms with Gasteiger partial charge in [0.1, 0.15) is 16.6 Å². The fourth-order valence-electron chi connectivity index (χ4n) is 3.47. The predicted molar refractivity (Wildman–Crippen MR) is 104 cm³/mol. The van der Waals surface area contributed by atoms with Crippen molar-refractivity contribution in [3.8, 4) is 6.07 Å². The van der Waals surface area contributed by atoms with Gasteiger partial charge in [0.2, 0.25) is 5.91 Å². The number of nitriles is 1. The van der Waals surface area contributed by atoms with Crippen LogP contribution in [0.3, 0.4) is 0 Å². The maximum Gasteiger partial charge on any atom is 0.271 e. The second-order valence-corrected chi connectivity index (χ2v) is 7.56. The molecule has 3 heterocycles. The summed E-state index contributed by atoms with van der Waals surface area (Å²) in [7, 11) is 0. The molecule has 2 atom stereocenters. The molecule has 1 aliphatic heterocycles. The van der Waals surface area contributed by atoms with E-state index in [0.29, 0.717) is 48.8 Å². The fourth-order valence-corrected chi connectivity index (χ4v) is 3.47. The SMILES string of the molecule is CCC(C)(C#N)C(=O)N1CCCC(CNC(=O)c2cnc3[nH]ccc3n2)CC1. The monoisotopic (exact) mass is 382 g/mol. The summed E-state index contributed by atoms with van der Waals surface area (Å²) in [6.45, 7) is 5.39. The number of nitrogens with zero attached hydrogens (tertiary/aromatic N) is 4. The smallest absolute Gasteiger partial charge is 0.271 e. The molecule has 8 heteroatoms. The van der Waals surface area contributed by atoms with Gasteiger partial charge in [-0.15, -0.1) is 0 Å². The van der Waals surface area contributed by atoms with E-state index in [9.17, 15) is 14.9 Å². The summed E-state index contributed by atoms with van der Waals surface area (Å²) in [5.74, 6) is -0.0336. The van der Waals surface area contributed by atoms with E-state index in [2.05, 4.69) is 26.3 Å². The van der Waals surface area contributed by atoms with E-state index in [1.165, 1.54) is 6.20 Å². The molecule has 3 rings (SSSR count). The average molecular weight is 382 g/mol. The summed E-state index contributed by atoms with van der Waals surface area (Å²) in [6.07, 6.45) is 6.31. The van der Waals surface area contributed by atoms with Crippen LogP contribution in [0.5, 0.6) is 0 Å². The minimum atomic E-state index is -0.955. The number of nitrogens with one attached hydrogen (secondary N) is 2. The van der Waals surface area contributed by atoms with Crippen molar-refractivity contribution in [3.05, 3.63) is 24.2 Å². The second-order valence-electron chi connectivity index (χ2n) is 7.56. The van der Waals surface area contributed by atoms with Gasteiger partial charge in [0.25, 0.3) is 5.91 Å². The van der Waals surface area contributed by atoms with Gasteiger partial charge in [-0.05, 0) is 44.6 Å². The van der Waals surface area contributed by atoms with Gasteiger partial charge in [-0.1, -0.05) is 6.92 Å². The molecule has 148 valence electrons. The molecule has 2 unspecified atom stereocenters. The van der Waals surface area contributed by atoms with Crippen LogP contribution in [0.4, 0.5) is 0 Å². The third-order valence-corrected chi connectivity index (χ3v) is 5.61. The summed E-state index contributed by atoms with van der Waals surface area (Å²) in [5, 5.41) is 12.3. The van der Waals surface area contributed by atoms with Gasteiger partial charge < -0.3 is 15.2 Å². The van der Waals surface area contributed by atoms with Gasteiger partial charge >= 0.3 is 0 Å². The molecule has 2 N–H and O–H groups in total. The summed E-state index contributed by atoms with van der Waals surface area (Å²) >= 11 is 0. The predicted octanol–water partition coefficient (Wildman–Crippen LogP) is 2.26. The van der Waals surface area contributed by atoms with E-state index < -0.39 is 5.41 Å². The van der Waals surface area contributed by atoms with Gasteiger partial charge in [0, 0.05) is 25.8 Å². The molecule has 0 saturated carbocycles. The van der Waals surface area contributed by atoms with Gasteiger partial charge in [0.15, 0.2) is 5.65 Å². The fraction of sp³-hybridized carbons (Fsp3) is 0.550. The molecule has 1 aliphatic rings. The molecular weight excluding hydrogens is 356 g/mol. The van der Waals surface area contributed by atoms with Crippen molar-refractivity contribution < 1.29 is 9.59 Å². The zero-order chi connectivity index (χ0) is 20.1. The lowest BCUT2D eigenvalue weighted by Crippen LogP contribution is -2.42. The number of aromatic nitrogens is 3. The van der Waals surface area contributed by atoms with E-state index >= 15 is 0 Å². The number of carbonyl (C=O) groups excluding carboxylic acids is 2. The highest BCUT2D eigenvalue weighted by Crippen LogP contribution is 2.26. The first-order chi connectivity index (χ1) is 13.5. The molecule has 2 amide bonds. The number of aromatic amines is 1. The first-order valence-corrected chi connectivity index (χ1v) is 9.76. The molecule has 2 aromatic rings. The minimum absolute atomic E-state index is 0.0859. The molecule has 0 radical (unpaired) electrons. The van der Waals surface area contributed by atoms with E-state index in [0.717, 1.165) is 19.3 Å². The Balaban J connectivity index is 1.54. The summed E-state index contributed by atoms with van der Waals surface area (Å²) in [5.41, 5.74) is 0.656. The van der Waals surface area contributed by atoms with Crippen LogP contribution in [0, 0.1) is 22.7 Å². The third kappa shape index (κ3) is 4.14. The lowest BCUT2D eigenvalue weighted by Gasteiger charge is -2.28. The molecule has 0 aliphatic carbocycles. The highest BCUT2D eigenvalue weighted by Gasteiger charge is 2.36. The lowest BCUT2D eigenvalue weighted by molar-refractivity contribution is -0.138. The average Bonchev–Trinajstić information content (AvgIpc) is 3.07. The standard InChI is InChI=1S/C20H26N6O2/c1-3-20(2,13-21)19(28)26-9-4-5-14(7-10-26)11-24-18(27)16-12-23-17-15(25-16)6-8-22-17/h6,8,12,14H,3-5,7,9-11H2,1-2H3,(H,22,23)(H,24,27). The van der Waals surface area contributed by atoms with E-state index in [1.54, 1.807) is 24.1 Å². The van der Waals surface area contributed by atoms with E-state index in [1.807, 2.05) is 6.92 Å². The van der Waals surface area contributed by atoms with Gasteiger partial charge in [-0.25, -0.2) is 9.97 Å². The first-order valence-electron chi connectivity index (χ1n) is 9.76. The Labute approximate surface area is 164 Å². The Hall–Kier alpha value is -2.95. The van der Waals surface area contributed by atoms with E-state index in [4.69, 9.17) is 0 Å². The number of fused-ring (bicyclic) bond motifs is 1. The summed E-state index contributed by atoms with van der Waals surface area (Å²) in [4.78, 5) is 38.3. The van der Waals surface area contributed by atoms with Crippen molar-refractivity contribution in [1.82, 2.24) is 25.2 Å². The van der Waals surface area contributed by atoms with Crippen LogP contribution in [-0.4, -0.2) is 51.3 Å². The number of H-pyrrole nitrogens is 1. The highest BCUT2D eigenvalue weighted by molar-refractivity contribution is 5.93. The topological polar surface area (TPSA) is 115 Å². The maximum atomic E-state index is 12.7. The van der Waals surface area contributed by atoms with Crippen molar-refractivity contribution >= 4 is 23.0 Å². The minimum Gasteiger partial charge on any atom is -0.350 e. The highest BCUT2D eigenvalue weighted by atomic mass is 16.2. The van der Waals surface area contributed by atoms with Crippen LogP contribution in [0.2, 0.25) is 0 Å². The van der Waals surface area contributed by atoms with Crippen molar-refractivity contribution in [3.63, 3.8) is 0 Å². The van der Waals surface area contributed by atoms with Crippen LogP contribution in [0.25, 0.3) is 11.2 Å². The van der Waals surface area contributed by atoms with Crippen LogP contribution in [-0.2, 0) is 4.79 Å². The molecule has 2 aromatic heterocycles. The Bertz CT molecular complexity index is 901. The molecule has 0 bridgehead atoms.